The van der Waals surface area contributed by atoms with Gasteiger partial charge in [0.2, 0.25) is 0 Å². The molecule has 0 spiro atoms. The summed E-state index contributed by atoms with van der Waals surface area (Å²) in [6, 6.07) is 15.4. The van der Waals surface area contributed by atoms with Gasteiger partial charge < -0.3 is 0 Å². The molecule has 3 rings (SSSR count). The maximum absolute atomic E-state index is 14.5. The fourth-order valence-corrected chi connectivity index (χ4v) is 3.49. The molecular formula is C19H16BFS. The normalized spacial score (nSPS) is 10.9. The van der Waals surface area contributed by atoms with Gasteiger partial charge in [0.25, 0.3) is 0 Å². The van der Waals surface area contributed by atoms with Crippen LogP contribution < -0.4 is 0 Å². The topological polar surface area (TPSA) is 0 Å². The quantitative estimate of drug-likeness (QED) is 0.560. The Bertz CT molecular complexity index is 783. The van der Waals surface area contributed by atoms with Gasteiger partial charge in [-0.2, -0.15) is 0 Å². The van der Waals surface area contributed by atoms with Crippen molar-refractivity contribution in [1.82, 2.24) is 0 Å². The first-order chi connectivity index (χ1) is 10.6. The fraction of sp³-hybridized carbons (Fsp3) is 0.158. The molecule has 0 amide bonds. The molecule has 0 nitrogen and oxygen atoms in total. The van der Waals surface area contributed by atoms with Crippen molar-refractivity contribution in [2.24, 2.45) is 0 Å². The number of aryl methyl sites for hydroxylation is 2. The molecular weight excluding hydrogens is 290 g/mol. The summed E-state index contributed by atoms with van der Waals surface area (Å²) < 4.78 is 14.5. The molecule has 0 fully saturated rings. The van der Waals surface area contributed by atoms with Crippen molar-refractivity contribution >= 4 is 19.2 Å². The summed E-state index contributed by atoms with van der Waals surface area (Å²) in [5, 5.41) is 0. The van der Waals surface area contributed by atoms with E-state index in [1.54, 1.807) is 17.4 Å². The fourth-order valence-electron chi connectivity index (χ4n) is 2.43. The van der Waals surface area contributed by atoms with Crippen molar-refractivity contribution in [3.8, 4) is 21.6 Å². The van der Waals surface area contributed by atoms with Gasteiger partial charge in [0.15, 0.2) is 0 Å². The number of rotatable bonds is 3. The van der Waals surface area contributed by atoms with E-state index < -0.39 is 0 Å². The summed E-state index contributed by atoms with van der Waals surface area (Å²) in [6.07, 6.45) is 0.519. The Balaban J connectivity index is 1.97. The number of halogens is 1. The zero-order valence-corrected chi connectivity index (χ0v) is 13.5. The number of benzene rings is 2. The molecule has 0 N–H and O–H groups in total. The highest BCUT2D eigenvalue weighted by Crippen LogP contribution is 2.34. The van der Waals surface area contributed by atoms with Gasteiger partial charge in [-0.25, -0.2) is 4.39 Å². The van der Waals surface area contributed by atoms with Gasteiger partial charge in [-0.3, -0.25) is 0 Å². The van der Waals surface area contributed by atoms with Crippen molar-refractivity contribution < 1.29 is 4.39 Å². The van der Waals surface area contributed by atoms with Crippen LogP contribution in [0.5, 0.6) is 0 Å². The Morgan fingerprint density at radius 2 is 1.64 bits per heavy atom. The predicted octanol–water partition coefficient (Wildman–Crippen LogP) is 5.51. The minimum atomic E-state index is -0.179. The highest BCUT2D eigenvalue weighted by atomic mass is 32.1. The zero-order valence-electron chi connectivity index (χ0n) is 12.7. The molecule has 0 saturated carbocycles. The Hall–Kier alpha value is -1.87. The van der Waals surface area contributed by atoms with Gasteiger partial charge in [-0.1, -0.05) is 42.2 Å². The van der Waals surface area contributed by atoms with E-state index in [1.165, 1.54) is 10.4 Å². The molecule has 2 radical (unpaired) electrons. The minimum absolute atomic E-state index is 0.179. The van der Waals surface area contributed by atoms with E-state index >= 15 is 0 Å². The lowest BCUT2D eigenvalue weighted by molar-refractivity contribution is 0.632. The maximum atomic E-state index is 14.5. The Morgan fingerprint density at radius 1 is 0.955 bits per heavy atom. The maximum Gasteiger partial charge on any atom is 0.132 e. The molecule has 1 heterocycles. The summed E-state index contributed by atoms with van der Waals surface area (Å²) in [5.74, 6) is -0.179. The van der Waals surface area contributed by atoms with Crippen molar-refractivity contribution in [3.05, 3.63) is 70.4 Å². The van der Waals surface area contributed by atoms with Crippen molar-refractivity contribution in [2.75, 3.05) is 0 Å². The summed E-state index contributed by atoms with van der Waals surface area (Å²) >= 11 is 1.63. The Morgan fingerprint density at radius 3 is 2.18 bits per heavy atom. The van der Waals surface area contributed by atoms with E-state index in [0.717, 1.165) is 21.6 Å². The average molecular weight is 306 g/mol. The Kier molecular flexibility index (Phi) is 4.17. The van der Waals surface area contributed by atoms with E-state index in [0.29, 0.717) is 11.9 Å². The van der Waals surface area contributed by atoms with Gasteiger partial charge >= 0.3 is 0 Å². The third-order valence-electron chi connectivity index (χ3n) is 3.92. The van der Waals surface area contributed by atoms with Gasteiger partial charge in [-0.05, 0) is 48.7 Å². The molecule has 0 unspecified atom stereocenters. The monoisotopic (exact) mass is 306 g/mol. The highest BCUT2D eigenvalue weighted by molar-refractivity contribution is 7.15. The highest BCUT2D eigenvalue weighted by Gasteiger charge is 2.10. The van der Waals surface area contributed by atoms with E-state index in [1.807, 2.05) is 42.5 Å². The summed E-state index contributed by atoms with van der Waals surface area (Å²) in [6.45, 7) is 4.12. The van der Waals surface area contributed by atoms with Crippen LogP contribution in [0.2, 0.25) is 0 Å². The third kappa shape index (κ3) is 2.86. The standard InChI is InChI=1S/C19H16BFS/c1-12-9-19(22-13(12)2)17-8-7-16(10-18(17)21)15-5-3-14(11-20)4-6-15/h3-10H,11H2,1-2H3. The second-order valence-corrected chi connectivity index (χ2v) is 6.70. The molecule has 3 aromatic rings. The molecule has 1 aromatic heterocycles. The van der Waals surface area contributed by atoms with Crippen LogP contribution in [0.4, 0.5) is 4.39 Å². The largest absolute Gasteiger partial charge is 0.206 e. The molecule has 0 saturated heterocycles. The average Bonchev–Trinajstić information content (AvgIpc) is 2.86. The van der Waals surface area contributed by atoms with E-state index in [4.69, 9.17) is 7.85 Å². The molecule has 0 bridgehead atoms. The number of thiophene rings is 1. The van der Waals surface area contributed by atoms with Crippen molar-refractivity contribution in [3.63, 3.8) is 0 Å². The second kappa shape index (κ2) is 6.09. The van der Waals surface area contributed by atoms with Crippen LogP contribution in [0, 0.1) is 19.7 Å². The lowest BCUT2D eigenvalue weighted by Crippen LogP contribution is -1.86. The van der Waals surface area contributed by atoms with Crippen LogP contribution in [0.15, 0.2) is 48.5 Å². The van der Waals surface area contributed by atoms with Crippen molar-refractivity contribution in [2.45, 2.75) is 20.2 Å². The van der Waals surface area contributed by atoms with E-state index in [-0.39, 0.29) is 5.82 Å². The molecule has 3 heteroatoms. The van der Waals surface area contributed by atoms with E-state index in [9.17, 15) is 4.39 Å². The van der Waals surface area contributed by atoms with Crippen LogP contribution in [-0.2, 0) is 6.32 Å². The van der Waals surface area contributed by atoms with Crippen LogP contribution in [0.3, 0.4) is 0 Å². The summed E-state index contributed by atoms with van der Waals surface area (Å²) in [4.78, 5) is 2.22. The first-order valence-corrected chi connectivity index (χ1v) is 8.06. The van der Waals surface area contributed by atoms with Gasteiger partial charge in [0, 0.05) is 15.3 Å². The lowest BCUT2D eigenvalue weighted by Gasteiger charge is -2.06. The third-order valence-corrected chi connectivity index (χ3v) is 5.11. The molecule has 0 aliphatic carbocycles. The molecule has 0 aliphatic rings. The molecule has 0 atom stereocenters. The minimum Gasteiger partial charge on any atom is -0.206 e. The molecule has 0 aliphatic heterocycles. The van der Waals surface area contributed by atoms with Crippen LogP contribution in [-0.4, -0.2) is 7.85 Å². The molecule has 108 valence electrons. The first kappa shape index (κ1) is 15.0. The Labute approximate surface area is 136 Å². The lowest BCUT2D eigenvalue weighted by atomic mass is 9.94. The first-order valence-electron chi connectivity index (χ1n) is 7.25. The molecule has 22 heavy (non-hydrogen) atoms. The predicted molar refractivity (Wildman–Crippen MR) is 94.1 cm³/mol. The van der Waals surface area contributed by atoms with Crippen LogP contribution in [0.1, 0.15) is 16.0 Å². The van der Waals surface area contributed by atoms with Gasteiger partial charge in [-0.15, -0.1) is 11.3 Å². The van der Waals surface area contributed by atoms with Crippen LogP contribution in [0.25, 0.3) is 21.6 Å². The second-order valence-electron chi connectivity index (χ2n) is 5.45. The van der Waals surface area contributed by atoms with Gasteiger partial charge in [0.05, 0.1) is 7.85 Å². The number of hydrogen-bond acceptors (Lipinski definition) is 1. The summed E-state index contributed by atoms with van der Waals surface area (Å²) in [5.41, 5.74) is 4.84. The van der Waals surface area contributed by atoms with Crippen molar-refractivity contribution in [1.29, 1.82) is 0 Å². The van der Waals surface area contributed by atoms with Crippen LogP contribution >= 0.6 is 11.3 Å². The summed E-state index contributed by atoms with van der Waals surface area (Å²) in [7, 11) is 5.60. The van der Waals surface area contributed by atoms with Gasteiger partial charge in [0.1, 0.15) is 5.82 Å². The zero-order chi connectivity index (χ0) is 15.7. The SMILES string of the molecule is [B]Cc1ccc(-c2ccc(-c3cc(C)c(C)s3)c(F)c2)cc1. The van der Waals surface area contributed by atoms with E-state index in [2.05, 4.69) is 13.8 Å². The number of hydrogen-bond donors (Lipinski definition) is 0. The smallest absolute Gasteiger partial charge is 0.132 e. The molecule has 2 aromatic carbocycles.